The van der Waals surface area contributed by atoms with Crippen molar-refractivity contribution in [2.24, 2.45) is 0 Å². The van der Waals surface area contributed by atoms with E-state index in [1.54, 1.807) is 25.2 Å². The Bertz CT molecular complexity index is 437. The monoisotopic (exact) mass is 364 g/mol. The number of rotatable bonds is 6. The quantitative estimate of drug-likeness (QED) is 0.674. The molecule has 1 unspecified atom stereocenters. The zero-order valence-electron chi connectivity index (χ0n) is 14.0. The van der Waals surface area contributed by atoms with Crippen LogP contribution in [0.5, 0.6) is 0 Å². The van der Waals surface area contributed by atoms with Crippen LogP contribution in [-0.2, 0) is 9.59 Å². The zero-order valence-corrected chi connectivity index (χ0v) is 15.5. The van der Waals surface area contributed by atoms with E-state index in [4.69, 9.17) is 28.3 Å². The Morgan fingerprint density at radius 2 is 1.70 bits per heavy atom. The van der Waals surface area contributed by atoms with E-state index in [2.05, 4.69) is 24.5 Å². The van der Waals surface area contributed by atoms with Crippen molar-refractivity contribution in [1.29, 1.82) is 0 Å². The summed E-state index contributed by atoms with van der Waals surface area (Å²) in [7, 11) is 2.71. The molecule has 0 aliphatic rings. The van der Waals surface area contributed by atoms with Crippen LogP contribution in [0.2, 0.25) is 10.0 Å². The number of halogens is 2. The Morgan fingerprint density at radius 1 is 1.22 bits per heavy atom. The van der Waals surface area contributed by atoms with Gasteiger partial charge in [-0.3, -0.25) is 4.79 Å². The maximum atomic E-state index is 11.7. The lowest BCUT2D eigenvalue weighted by molar-refractivity contribution is -0.116. The van der Waals surface area contributed by atoms with E-state index in [0.717, 1.165) is 13.4 Å². The SMILES string of the molecule is CCC.CNC(CC=O)CC(=O)Nc1cc(Cl)cc(Cl)c1.CO. The first-order chi connectivity index (χ1) is 11.0. The highest BCUT2D eigenvalue weighted by Gasteiger charge is 2.12. The number of aldehydes is 1. The maximum absolute atomic E-state index is 11.7. The van der Waals surface area contributed by atoms with Gasteiger partial charge < -0.3 is 20.5 Å². The third-order valence-corrected chi connectivity index (χ3v) is 2.80. The predicted octanol–water partition coefficient (Wildman–Crippen LogP) is 3.52. The number of aliphatic hydroxyl groups is 1. The van der Waals surface area contributed by atoms with E-state index in [-0.39, 0.29) is 18.4 Å². The van der Waals surface area contributed by atoms with Crippen molar-refractivity contribution in [3.8, 4) is 0 Å². The number of benzene rings is 1. The van der Waals surface area contributed by atoms with Crippen molar-refractivity contribution in [1.82, 2.24) is 5.32 Å². The highest BCUT2D eigenvalue weighted by atomic mass is 35.5. The van der Waals surface area contributed by atoms with Crippen molar-refractivity contribution >= 4 is 41.1 Å². The zero-order chi connectivity index (χ0) is 18.3. The van der Waals surface area contributed by atoms with E-state index in [9.17, 15) is 9.59 Å². The summed E-state index contributed by atoms with van der Waals surface area (Å²) in [5.41, 5.74) is 0.540. The van der Waals surface area contributed by atoms with Gasteiger partial charge in [0.1, 0.15) is 6.29 Å². The van der Waals surface area contributed by atoms with Crippen molar-refractivity contribution in [2.45, 2.75) is 39.2 Å². The first-order valence-corrected chi connectivity index (χ1v) is 8.03. The molecule has 23 heavy (non-hydrogen) atoms. The van der Waals surface area contributed by atoms with Crippen LogP contribution in [0.15, 0.2) is 18.2 Å². The van der Waals surface area contributed by atoms with Gasteiger partial charge in [0.15, 0.2) is 0 Å². The molecule has 0 aliphatic heterocycles. The highest BCUT2D eigenvalue weighted by molar-refractivity contribution is 6.35. The molecule has 0 spiro atoms. The smallest absolute Gasteiger partial charge is 0.225 e. The van der Waals surface area contributed by atoms with Crippen molar-refractivity contribution in [3.63, 3.8) is 0 Å². The molecule has 0 saturated carbocycles. The molecule has 1 atom stereocenters. The van der Waals surface area contributed by atoms with E-state index in [1.165, 1.54) is 6.42 Å². The molecule has 132 valence electrons. The fourth-order valence-electron chi connectivity index (χ4n) is 1.48. The van der Waals surface area contributed by atoms with E-state index in [0.29, 0.717) is 22.2 Å². The van der Waals surface area contributed by atoms with Crippen LogP contribution in [0.1, 0.15) is 33.1 Å². The Balaban J connectivity index is 0. The number of nitrogens with one attached hydrogen (secondary N) is 2. The topological polar surface area (TPSA) is 78.4 Å². The molecular weight excluding hydrogens is 339 g/mol. The normalized spacial score (nSPS) is 10.4. The largest absolute Gasteiger partial charge is 0.400 e. The van der Waals surface area contributed by atoms with Gasteiger partial charge in [0.25, 0.3) is 0 Å². The van der Waals surface area contributed by atoms with Gasteiger partial charge in [-0.15, -0.1) is 0 Å². The Morgan fingerprint density at radius 3 is 2.09 bits per heavy atom. The predicted molar refractivity (Wildman–Crippen MR) is 97.3 cm³/mol. The van der Waals surface area contributed by atoms with Crippen molar-refractivity contribution in [3.05, 3.63) is 28.2 Å². The molecule has 0 bridgehead atoms. The Labute approximate surface area is 148 Å². The Kier molecular flexibility index (Phi) is 16.5. The summed E-state index contributed by atoms with van der Waals surface area (Å²) in [5, 5.41) is 13.5. The molecule has 1 rings (SSSR count). The number of anilines is 1. The number of carbonyl (C=O) groups is 2. The molecule has 0 saturated heterocycles. The minimum absolute atomic E-state index is 0.169. The molecule has 0 radical (unpaired) electrons. The third-order valence-electron chi connectivity index (χ3n) is 2.37. The number of aliphatic hydroxyl groups excluding tert-OH is 1. The number of amides is 1. The second-order valence-electron chi connectivity index (χ2n) is 4.51. The molecule has 1 amide bonds. The summed E-state index contributed by atoms with van der Waals surface area (Å²) >= 11 is 11.6. The van der Waals surface area contributed by atoms with Crippen LogP contribution in [0, 0.1) is 0 Å². The fourth-order valence-corrected chi connectivity index (χ4v) is 2.01. The first-order valence-electron chi connectivity index (χ1n) is 7.28. The van der Waals surface area contributed by atoms with Crippen LogP contribution in [0.25, 0.3) is 0 Å². The van der Waals surface area contributed by atoms with Gasteiger partial charge in [-0.05, 0) is 25.2 Å². The Hall–Kier alpha value is -1.14. The summed E-state index contributed by atoms with van der Waals surface area (Å²) in [6.07, 6.45) is 2.53. The summed E-state index contributed by atoms with van der Waals surface area (Å²) in [5.74, 6) is -0.200. The lowest BCUT2D eigenvalue weighted by Crippen LogP contribution is -2.30. The van der Waals surface area contributed by atoms with Gasteiger partial charge in [0.2, 0.25) is 5.91 Å². The molecule has 5 nitrogen and oxygen atoms in total. The average Bonchev–Trinajstić information content (AvgIpc) is 2.48. The van der Waals surface area contributed by atoms with E-state index in [1.807, 2.05) is 0 Å². The van der Waals surface area contributed by atoms with E-state index < -0.39 is 0 Å². The van der Waals surface area contributed by atoms with Crippen molar-refractivity contribution < 1.29 is 14.7 Å². The molecule has 0 aliphatic carbocycles. The van der Waals surface area contributed by atoms with Gasteiger partial charge >= 0.3 is 0 Å². The van der Waals surface area contributed by atoms with Crippen LogP contribution < -0.4 is 10.6 Å². The highest BCUT2D eigenvalue weighted by Crippen LogP contribution is 2.22. The average molecular weight is 365 g/mol. The van der Waals surface area contributed by atoms with Gasteiger partial charge in [-0.1, -0.05) is 43.5 Å². The second kappa shape index (κ2) is 15.7. The third kappa shape index (κ3) is 13.0. The molecule has 1 aromatic carbocycles. The lowest BCUT2D eigenvalue weighted by atomic mass is 10.1. The van der Waals surface area contributed by atoms with Crippen molar-refractivity contribution in [2.75, 3.05) is 19.5 Å². The summed E-state index contributed by atoms with van der Waals surface area (Å²) in [6.45, 7) is 4.25. The number of carbonyl (C=O) groups excluding carboxylic acids is 2. The lowest BCUT2D eigenvalue weighted by Gasteiger charge is -2.13. The minimum atomic E-state index is -0.200. The maximum Gasteiger partial charge on any atom is 0.225 e. The van der Waals surface area contributed by atoms with Gasteiger partial charge in [-0.25, -0.2) is 0 Å². The van der Waals surface area contributed by atoms with Crippen LogP contribution in [0.3, 0.4) is 0 Å². The van der Waals surface area contributed by atoms with Crippen LogP contribution >= 0.6 is 23.2 Å². The molecule has 1 aromatic rings. The molecule has 7 heteroatoms. The van der Waals surface area contributed by atoms with Gasteiger partial charge in [0, 0.05) is 41.7 Å². The fraction of sp³-hybridized carbons (Fsp3) is 0.500. The molecule has 3 N–H and O–H groups in total. The minimum Gasteiger partial charge on any atom is -0.400 e. The molecule has 0 fully saturated rings. The van der Waals surface area contributed by atoms with E-state index >= 15 is 0 Å². The summed E-state index contributed by atoms with van der Waals surface area (Å²) in [4.78, 5) is 22.1. The van der Waals surface area contributed by atoms with Gasteiger partial charge in [0.05, 0.1) is 0 Å². The second-order valence-corrected chi connectivity index (χ2v) is 5.38. The number of hydrogen-bond donors (Lipinski definition) is 3. The summed E-state index contributed by atoms with van der Waals surface area (Å²) in [6, 6.07) is 4.64. The standard InChI is InChI=1S/C12H14Cl2N2O2.C3H8.CH4O/c1-15-10(2-3-17)7-12(18)16-11-5-8(13)4-9(14)6-11;1-3-2;1-2/h3-6,10,15H,2,7H2,1H3,(H,16,18);3H2,1-2H3;2H,1H3. The molecule has 0 heterocycles. The van der Waals surface area contributed by atoms with Crippen LogP contribution in [0.4, 0.5) is 5.69 Å². The molecular formula is C16H26Cl2N2O3. The number of hydrogen-bond acceptors (Lipinski definition) is 4. The first kappa shape index (κ1) is 24.1. The van der Waals surface area contributed by atoms with Crippen LogP contribution in [-0.4, -0.2) is 37.5 Å². The molecule has 0 aromatic heterocycles. The summed E-state index contributed by atoms with van der Waals surface area (Å²) < 4.78 is 0. The van der Waals surface area contributed by atoms with Gasteiger partial charge in [-0.2, -0.15) is 0 Å².